The summed E-state index contributed by atoms with van der Waals surface area (Å²) in [5.41, 5.74) is 9.77. The fourth-order valence-corrected chi connectivity index (χ4v) is 7.57. The monoisotopic (exact) mass is 579 g/mol. The molecule has 3 heterocycles. The summed E-state index contributed by atoms with van der Waals surface area (Å²) in [6.45, 7) is 0. The summed E-state index contributed by atoms with van der Waals surface area (Å²) in [7, 11) is 0. The number of para-hydroxylation sites is 4. The lowest BCUT2D eigenvalue weighted by Crippen LogP contribution is -1.97. The molecule has 9 rings (SSSR count). The van der Waals surface area contributed by atoms with Gasteiger partial charge in [-0.1, -0.05) is 109 Å². The van der Waals surface area contributed by atoms with E-state index in [1.807, 2.05) is 23.5 Å². The van der Waals surface area contributed by atoms with Crippen LogP contribution in [0.2, 0.25) is 0 Å². The average molecular weight is 580 g/mol. The van der Waals surface area contributed by atoms with Crippen molar-refractivity contribution in [3.63, 3.8) is 0 Å². The Morgan fingerprint density at radius 3 is 2.02 bits per heavy atom. The Morgan fingerprint density at radius 2 is 1.16 bits per heavy atom. The highest BCUT2D eigenvalue weighted by atomic mass is 32.1. The van der Waals surface area contributed by atoms with Crippen molar-refractivity contribution in [1.82, 2.24) is 14.5 Å². The number of hydrogen-bond acceptors (Lipinski definition) is 3. The van der Waals surface area contributed by atoms with E-state index < -0.39 is 0 Å². The predicted octanol–water partition coefficient (Wildman–Crippen LogP) is 10.9. The fraction of sp³-hybridized carbons (Fsp3) is 0. The zero-order valence-corrected chi connectivity index (χ0v) is 24.5. The summed E-state index contributed by atoms with van der Waals surface area (Å²) >= 11 is 1.83. The number of nitrogens with zero attached hydrogens (tertiary/aromatic N) is 3. The minimum Gasteiger partial charge on any atom is -0.292 e. The highest BCUT2D eigenvalue weighted by Crippen LogP contribution is 2.43. The van der Waals surface area contributed by atoms with Gasteiger partial charge in [0, 0.05) is 37.7 Å². The third-order valence-electron chi connectivity index (χ3n) is 8.40. The SMILES string of the molecule is c1ccc(-n2c(-c3ccc(-c4cccc(-c5nc6ccccc6c6c5sc5ccccc56)c4)cc3)nc3ccccc32)cc1. The van der Waals surface area contributed by atoms with Crippen LogP contribution in [0.3, 0.4) is 0 Å². The predicted molar refractivity (Wildman–Crippen MR) is 186 cm³/mol. The van der Waals surface area contributed by atoms with Gasteiger partial charge in [-0.15, -0.1) is 11.3 Å². The second kappa shape index (κ2) is 10.0. The number of fused-ring (bicyclic) bond motifs is 6. The molecule has 0 fully saturated rings. The van der Waals surface area contributed by atoms with Crippen molar-refractivity contribution in [2.24, 2.45) is 0 Å². The Kier molecular flexibility index (Phi) is 5.68. The molecule has 0 saturated heterocycles. The summed E-state index contributed by atoms with van der Waals surface area (Å²) in [5.74, 6) is 0.935. The van der Waals surface area contributed by atoms with Crippen LogP contribution in [0.4, 0.5) is 0 Å². The van der Waals surface area contributed by atoms with E-state index in [0.29, 0.717) is 0 Å². The number of benzene rings is 6. The maximum absolute atomic E-state index is 5.22. The van der Waals surface area contributed by atoms with E-state index >= 15 is 0 Å². The summed E-state index contributed by atoms with van der Waals surface area (Å²) in [5, 5.41) is 3.79. The molecule has 0 aliphatic heterocycles. The Hall–Kier alpha value is -5.58. The van der Waals surface area contributed by atoms with Crippen LogP contribution >= 0.6 is 11.3 Å². The molecule has 4 heteroatoms. The summed E-state index contributed by atoms with van der Waals surface area (Å²) in [4.78, 5) is 10.3. The van der Waals surface area contributed by atoms with E-state index in [0.717, 1.165) is 56.0 Å². The maximum atomic E-state index is 5.22. The molecule has 0 unspecified atom stereocenters. The largest absolute Gasteiger partial charge is 0.292 e. The molecule has 0 atom stereocenters. The first-order chi connectivity index (χ1) is 21.8. The van der Waals surface area contributed by atoms with Crippen LogP contribution in [-0.2, 0) is 0 Å². The van der Waals surface area contributed by atoms with E-state index in [1.165, 1.54) is 25.6 Å². The molecule has 0 aliphatic rings. The molecule has 9 aromatic rings. The lowest BCUT2D eigenvalue weighted by molar-refractivity contribution is 1.10. The van der Waals surface area contributed by atoms with Gasteiger partial charge in [0.2, 0.25) is 0 Å². The van der Waals surface area contributed by atoms with Gasteiger partial charge in [-0.2, -0.15) is 0 Å². The molecule has 0 N–H and O–H groups in total. The first-order valence-electron chi connectivity index (χ1n) is 14.8. The van der Waals surface area contributed by atoms with Gasteiger partial charge in [-0.3, -0.25) is 4.57 Å². The van der Waals surface area contributed by atoms with Crippen LogP contribution in [0.25, 0.3) is 81.6 Å². The number of thiophene rings is 1. The molecule has 0 saturated carbocycles. The molecule has 0 aliphatic carbocycles. The topological polar surface area (TPSA) is 30.7 Å². The van der Waals surface area contributed by atoms with Crippen LogP contribution in [0.5, 0.6) is 0 Å². The quantitative estimate of drug-likeness (QED) is 0.208. The average Bonchev–Trinajstić information content (AvgIpc) is 3.68. The van der Waals surface area contributed by atoms with E-state index in [2.05, 4.69) is 144 Å². The minimum atomic E-state index is 0.935. The van der Waals surface area contributed by atoms with E-state index in [4.69, 9.17) is 9.97 Å². The molecule has 44 heavy (non-hydrogen) atoms. The van der Waals surface area contributed by atoms with Crippen molar-refractivity contribution in [1.29, 1.82) is 0 Å². The van der Waals surface area contributed by atoms with Gasteiger partial charge in [-0.25, -0.2) is 9.97 Å². The van der Waals surface area contributed by atoms with Gasteiger partial charge in [0.1, 0.15) is 5.82 Å². The zero-order valence-electron chi connectivity index (χ0n) is 23.7. The van der Waals surface area contributed by atoms with Crippen LogP contribution in [0.15, 0.2) is 152 Å². The summed E-state index contributed by atoms with van der Waals surface area (Å²) < 4.78 is 4.76. The van der Waals surface area contributed by atoms with E-state index in [1.54, 1.807) is 0 Å². The first-order valence-corrected chi connectivity index (χ1v) is 15.6. The van der Waals surface area contributed by atoms with E-state index in [-0.39, 0.29) is 0 Å². The molecule has 0 bridgehead atoms. The van der Waals surface area contributed by atoms with Crippen LogP contribution < -0.4 is 0 Å². The lowest BCUT2D eigenvalue weighted by Gasteiger charge is -2.11. The molecule has 6 aromatic carbocycles. The van der Waals surface area contributed by atoms with Crippen LogP contribution in [0.1, 0.15) is 0 Å². The Bertz CT molecular complexity index is 2490. The van der Waals surface area contributed by atoms with Gasteiger partial charge < -0.3 is 0 Å². The van der Waals surface area contributed by atoms with Gasteiger partial charge in [0.25, 0.3) is 0 Å². The van der Waals surface area contributed by atoms with Crippen molar-refractivity contribution in [3.05, 3.63) is 152 Å². The van der Waals surface area contributed by atoms with Crippen molar-refractivity contribution in [3.8, 4) is 39.5 Å². The summed E-state index contributed by atoms with van der Waals surface area (Å²) in [6.07, 6.45) is 0. The van der Waals surface area contributed by atoms with Crippen molar-refractivity contribution in [2.75, 3.05) is 0 Å². The minimum absolute atomic E-state index is 0.935. The molecule has 3 aromatic heterocycles. The van der Waals surface area contributed by atoms with Crippen molar-refractivity contribution >= 4 is 53.4 Å². The van der Waals surface area contributed by atoms with Crippen molar-refractivity contribution < 1.29 is 0 Å². The van der Waals surface area contributed by atoms with Crippen LogP contribution in [-0.4, -0.2) is 14.5 Å². The van der Waals surface area contributed by atoms with Gasteiger partial charge >= 0.3 is 0 Å². The first kappa shape index (κ1) is 25.0. The fourth-order valence-electron chi connectivity index (χ4n) is 6.34. The maximum Gasteiger partial charge on any atom is 0.145 e. The third-order valence-corrected chi connectivity index (χ3v) is 9.58. The van der Waals surface area contributed by atoms with Gasteiger partial charge in [0.15, 0.2) is 0 Å². The normalized spacial score (nSPS) is 11.6. The number of pyridine rings is 1. The highest BCUT2D eigenvalue weighted by Gasteiger charge is 2.17. The third kappa shape index (κ3) is 3.96. The molecule has 0 radical (unpaired) electrons. The second-order valence-corrected chi connectivity index (χ2v) is 12.1. The molecular formula is C40H25N3S. The second-order valence-electron chi connectivity index (χ2n) is 11.0. The summed E-state index contributed by atoms with van der Waals surface area (Å²) in [6, 6.07) is 53.5. The lowest BCUT2D eigenvalue weighted by atomic mass is 9.98. The molecule has 0 spiro atoms. The molecular weight excluding hydrogens is 555 g/mol. The highest BCUT2D eigenvalue weighted by molar-refractivity contribution is 7.26. The molecule has 206 valence electrons. The molecule has 0 amide bonds. The Balaban J connectivity index is 1.16. The van der Waals surface area contributed by atoms with Gasteiger partial charge in [0.05, 0.1) is 26.9 Å². The Morgan fingerprint density at radius 1 is 0.477 bits per heavy atom. The van der Waals surface area contributed by atoms with Gasteiger partial charge in [-0.05, 0) is 53.6 Å². The van der Waals surface area contributed by atoms with Crippen LogP contribution in [0, 0.1) is 0 Å². The number of imidazole rings is 1. The number of rotatable bonds is 4. The standard InChI is InChI=1S/C40H25N3S/c1-2-13-30(14-3-1)43-35-19-8-7-18-34(35)42-40(43)27-23-21-26(22-24-27)28-11-10-12-29(25-28)38-39-37(31-15-4-6-17-33(31)41-38)32-16-5-9-20-36(32)44-39/h1-25H. The smallest absolute Gasteiger partial charge is 0.145 e. The number of aromatic nitrogens is 3. The number of hydrogen-bond donors (Lipinski definition) is 0. The Labute approximate surface area is 258 Å². The molecule has 3 nitrogen and oxygen atoms in total. The van der Waals surface area contributed by atoms with E-state index in [9.17, 15) is 0 Å². The van der Waals surface area contributed by atoms with Crippen molar-refractivity contribution in [2.45, 2.75) is 0 Å². The zero-order chi connectivity index (χ0) is 29.0.